The van der Waals surface area contributed by atoms with Crippen molar-refractivity contribution < 1.29 is 22.7 Å². The van der Waals surface area contributed by atoms with E-state index < -0.39 is 16.1 Å². The Morgan fingerprint density at radius 2 is 1.73 bits per heavy atom. The van der Waals surface area contributed by atoms with Gasteiger partial charge in [-0.1, -0.05) is 57.9 Å². The number of hydrogen-bond acceptors (Lipinski definition) is 10. The number of aromatic nitrogens is 4. The zero-order valence-electron chi connectivity index (χ0n) is 30.9. The van der Waals surface area contributed by atoms with E-state index in [-0.39, 0.29) is 46.8 Å². The number of ether oxygens (including phenoxy) is 2. The molecular weight excluding hydrogens is 679 g/mol. The van der Waals surface area contributed by atoms with Crippen LogP contribution in [0.2, 0.25) is 0 Å². The summed E-state index contributed by atoms with van der Waals surface area (Å²) in [6.07, 6.45) is 8.53. The highest BCUT2D eigenvalue weighted by atomic mass is 32.2. The zero-order valence-corrected chi connectivity index (χ0v) is 31.7. The highest BCUT2D eigenvalue weighted by Crippen LogP contribution is 2.32. The van der Waals surface area contributed by atoms with Crippen LogP contribution in [-0.4, -0.2) is 78.1 Å². The summed E-state index contributed by atoms with van der Waals surface area (Å²) >= 11 is 0. The lowest BCUT2D eigenvalue weighted by molar-refractivity contribution is 0.0509. The molecule has 1 aliphatic carbocycles. The molecule has 1 unspecified atom stereocenters. The number of amides is 1. The Bertz CT molecular complexity index is 1990. The van der Waals surface area contributed by atoms with E-state index in [0.29, 0.717) is 37.0 Å². The fourth-order valence-corrected chi connectivity index (χ4v) is 8.21. The van der Waals surface area contributed by atoms with Crippen LogP contribution in [0.5, 0.6) is 5.88 Å². The van der Waals surface area contributed by atoms with E-state index in [0.717, 1.165) is 35.3 Å². The predicted molar refractivity (Wildman–Crippen MR) is 201 cm³/mol. The van der Waals surface area contributed by atoms with Gasteiger partial charge in [-0.3, -0.25) is 9.78 Å². The second-order valence-electron chi connectivity index (χ2n) is 15.0. The molecule has 1 saturated carbocycles. The minimum Gasteiger partial charge on any atom is -0.475 e. The standard InChI is InChI=1S/C39H49N7O5S/c1-26-11-9-12-27(2)36(26)33-20-35-43-38(42-33)44-52(48,49)32-16-10-13-28(19-32)37(47)46(31(25-51-35)21-39(3,4)5)24-29-22-40-23-34(41-29)45(17-18-50-6)30-14-7-8-15-30/h9-13,16,19-20,22-23,30-31H,7-8,14-15,17-18,21,24-25H2,1-6H3,(H,42,43,44). The molecule has 6 rings (SSSR count). The van der Waals surface area contributed by atoms with Gasteiger partial charge in [-0.25, -0.2) is 23.1 Å². The highest BCUT2D eigenvalue weighted by molar-refractivity contribution is 7.92. The third-order valence-electron chi connectivity index (χ3n) is 9.63. The zero-order chi connectivity index (χ0) is 37.0. The monoisotopic (exact) mass is 727 g/mol. The number of methoxy groups -OCH3 is 1. The van der Waals surface area contributed by atoms with Gasteiger partial charge in [0.25, 0.3) is 15.9 Å². The van der Waals surface area contributed by atoms with Crippen molar-refractivity contribution in [3.8, 4) is 17.1 Å². The van der Waals surface area contributed by atoms with Gasteiger partial charge in [0.05, 0.1) is 47.9 Å². The van der Waals surface area contributed by atoms with Gasteiger partial charge >= 0.3 is 0 Å². The van der Waals surface area contributed by atoms with Crippen LogP contribution < -0.4 is 14.4 Å². The number of carbonyl (C=O) groups excluding carboxylic acids is 1. The van der Waals surface area contributed by atoms with Gasteiger partial charge in [0.15, 0.2) is 0 Å². The Morgan fingerprint density at radius 1 is 1.00 bits per heavy atom. The van der Waals surface area contributed by atoms with Crippen LogP contribution in [0.1, 0.15) is 80.1 Å². The van der Waals surface area contributed by atoms with E-state index >= 15 is 0 Å². The van der Waals surface area contributed by atoms with E-state index in [9.17, 15) is 13.2 Å². The molecule has 4 bridgehead atoms. The van der Waals surface area contributed by atoms with Gasteiger partial charge in [0.1, 0.15) is 12.4 Å². The topological polar surface area (TPSA) is 140 Å². The Labute approximate surface area is 307 Å². The summed E-state index contributed by atoms with van der Waals surface area (Å²) in [5.41, 5.74) is 3.96. The van der Waals surface area contributed by atoms with E-state index in [1.807, 2.05) is 32.0 Å². The number of aryl methyl sites for hydroxylation is 2. The van der Waals surface area contributed by atoms with Crippen LogP contribution in [-0.2, 0) is 21.3 Å². The van der Waals surface area contributed by atoms with Gasteiger partial charge in [-0.2, -0.15) is 4.98 Å². The maximum absolute atomic E-state index is 14.6. The van der Waals surface area contributed by atoms with E-state index in [4.69, 9.17) is 14.5 Å². The number of sulfonamides is 1. The van der Waals surface area contributed by atoms with E-state index in [2.05, 4.69) is 45.3 Å². The first-order valence-corrected chi connectivity index (χ1v) is 19.4. The van der Waals surface area contributed by atoms with Crippen LogP contribution in [0, 0.1) is 19.3 Å². The lowest BCUT2D eigenvalue weighted by Gasteiger charge is -2.36. The van der Waals surface area contributed by atoms with Crippen molar-refractivity contribution in [1.29, 1.82) is 0 Å². The summed E-state index contributed by atoms with van der Waals surface area (Å²) in [4.78, 5) is 37.3. The molecule has 0 saturated heterocycles. The van der Waals surface area contributed by atoms with Gasteiger partial charge in [0, 0.05) is 36.9 Å². The quantitative estimate of drug-likeness (QED) is 0.201. The van der Waals surface area contributed by atoms with Gasteiger partial charge in [0.2, 0.25) is 11.8 Å². The summed E-state index contributed by atoms with van der Waals surface area (Å²) in [5, 5.41) is 0. The van der Waals surface area contributed by atoms with Crippen LogP contribution in [0.25, 0.3) is 11.3 Å². The average Bonchev–Trinajstić information content (AvgIpc) is 3.63. The summed E-state index contributed by atoms with van der Waals surface area (Å²) < 4.78 is 42.0. The molecule has 1 atom stereocenters. The molecule has 2 aromatic carbocycles. The number of fused-ring (bicyclic) bond motifs is 4. The molecule has 0 radical (unpaired) electrons. The molecule has 3 heterocycles. The minimum atomic E-state index is -4.19. The molecule has 2 aliphatic rings. The number of hydrogen-bond donors (Lipinski definition) is 1. The van der Waals surface area contributed by atoms with Crippen LogP contribution in [0.3, 0.4) is 0 Å². The molecule has 2 aromatic heterocycles. The lowest BCUT2D eigenvalue weighted by Crippen LogP contribution is -2.45. The van der Waals surface area contributed by atoms with Crippen molar-refractivity contribution in [3.63, 3.8) is 0 Å². The van der Waals surface area contributed by atoms with Gasteiger partial charge in [-0.05, 0) is 67.9 Å². The fraction of sp³-hybridized carbons (Fsp3) is 0.462. The molecule has 0 spiro atoms. The van der Waals surface area contributed by atoms with Crippen molar-refractivity contribution in [3.05, 3.63) is 83.3 Å². The summed E-state index contributed by atoms with van der Waals surface area (Å²) in [6, 6.07) is 13.6. The van der Waals surface area contributed by atoms with Crippen molar-refractivity contribution in [2.24, 2.45) is 5.41 Å². The van der Waals surface area contributed by atoms with Crippen molar-refractivity contribution in [1.82, 2.24) is 24.8 Å². The maximum Gasteiger partial charge on any atom is 0.264 e. The van der Waals surface area contributed by atoms with Crippen LogP contribution >= 0.6 is 0 Å². The number of rotatable bonds is 9. The molecule has 1 N–H and O–H groups in total. The first kappa shape index (κ1) is 37.1. The van der Waals surface area contributed by atoms with Gasteiger partial charge < -0.3 is 19.3 Å². The Morgan fingerprint density at radius 3 is 2.44 bits per heavy atom. The lowest BCUT2D eigenvalue weighted by atomic mass is 9.87. The molecule has 12 nitrogen and oxygen atoms in total. The van der Waals surface area contributed by atoms with Crippen LogP contribution in [0.4, 0.5) is 11.8 Å². The van der Waals surface area contributed by atoms with E-state index in [1.165, 1.54) is 25.0 Å². The molecule has 52 heavy (non-hydrogen) atoms. The molecule has 1 aliphatic heterocycles. The smallest absolute Gasteiger partial charge is 0.264 e. The SMILES string of the molecule is COCCN(c1cncc(CN2C(=O)c3cccc(c3)S(=O)(=O)Nc3nc(cc(-c4c(C)cccc4C)n3)OCC2CC(C)(C)C)n1)C1CCCC1. The normalized spacial score (nSPS) is 17.8. The molecule has 1 amide bonds. The number of nitrogens with zero attached hydrogens (tertiary/aromatic N) is 6. The van der Waals surface area contributed by atoms with Crippen molar-refractivity contribution >= 4 is 27.7 Å². The van der Waals surface area contributed by atoms with Gasteiger partial charge in [-0.15, -0.1) is 0 Å². The highest BCUT2D eigenvalue weighted by Gasteiger charge is 2.32. The Balaban J connectivity index is 1.45. The summed E-state index contributed by atoms with van der Waals surface area (Å²) in [6.45, 7) is 11.8. The van der Waals surface area contributed by atoms with E-state index in [1.54, 1.807) is 42.6 Å². The van der Waals surface area contributed by atoms with Crippen molar-refractivity contribution in [2.45, 2.75) is 90.2 Å². The van der Waals surface area contributed by atoms with Crippen molar-refractivity contribution in [2.75, 3.05) is 36.5 Å². The third kappa shape index (κ3) is 8.70. The number of nitrogens with one attached hydrogen (secondary N) is 1. The second-order valence-corrected chi connectivity index (χ2v) is 16.7. The number of carbonyl (C=O) groups is 1. The second kappa shape index (κ2) is 15.5. The Kier molecular flexibility index (Phi) is 11.1. The first-order valence-electron chi connectivity index (χ1n) is 17.9. The predicted octanol–water partition coefficient (Wildman–Crippen LogP) is 6.59. The number of anilines is 2. The van der Waals surface area contributed by atoms with Crippen LogP contribution in [0.15, 0.2) is 65.8 Å². The fourth-order valence-electron chi connectivity index (χ4n) is 7.22. The maximum atomic E-state index is 14.6. The molecule has 1 fully saturated rings. The minimum absolute atomic E-state index is 0.0828. The Hall–Kier alpha value is -4.62. The third-order valence-corrected chi connectivity index (χ3v) is 11.0. The molecule has 4 aromatic rings. The summed E-state index contributed by atoms with van der Waals surface area (Å²) in [7, 11) is -2.50. The molecular formula is C39H49N7O5S. The molecule has 276 valence electrons. The summed E-state index contributed by atoms with van der Waals surface area (Å²) in [5.74, 6) is 0.468. The first-order chi connectivity index (χ1) is 24.8. The average molecular weight is 728 g/mol. The molecule has 13 heteroatoms. The largest absolute Gasteiger partial charge is 0.475 e. The number of benzene rings is 2.